The summed E-state index contributed by atoms with van der Waals surface area (Å²) in [4.78, 5) is 9.48. The summed E-state index contributed by atoms with van der Waals surface area (Å²) >= 11 is 0. The molecule has 0 spiro atoms. The van der Waals surface area contributed by atoms with E-state index in [1.54, 1.807) is 0 Å². The van der Waals surface area contributed by atoms with Gasteiger partial charge in [0.05, 0.1) is 18.4 Å². The third kappa shape index (κ3) is 7.70. The van der Waals surface area contributed by atoms with Crippen LogP contribution in [0.4, 0.5) is 0 Å². The Hall–Kier alpha value is -0.900. The minimum Gasteiger partial charge on any atom is -0.377 e. The Kier molecular flexibility index (Phi) is 9.02. The fraction of sp³-hybridized carbons (Fsp3) is 0.950. The van der Waals surface area contributed by atoms with Gasteiger partial charge in [0.25, 0.3) is 0 Å². The molecule has 9 heteroatoms. The number of hydrogen-bond donors (Lipinski definition) is 2. The van der Waals surface area contributed by atoms with E-state index in [1.165, 1.54) is 38.9 Å². The van der Waals surface area contributed by atoms with Crippen LogP contribution in [0, 0.1) is 5.92 Å². The van der Waals surface area contributed by atoms with E-state index in [9.17, 15) is 8.42 Å². The van der Waals surface area contributed by atoms with Crippen LogP contribution in [0.25, 0.3) is 0 Å². The van der Waals surface area contributed by atoms with Crippen LogP contribution in [-0.2, 0) is 14.8 Å². The third-order valence-electron chi connectivity index (χ3n) is 6.06. The lowest BCUT2D eigenvalue weighted by Crippen LogP contribution is -2.41. The van der Waals surface area contributed by atoms with Crippen molar-refractivity contribution in [1.29, 1.82) is 0 Å². The second-order valence-corrected chi connectivity index (χ2v) is 10.4. The van der Waals surface area contributed by atoms with Crippen LogP contribution in [0.15, 0.2) is 4.99 Å². The van der Waals surface area contributed by atoms with Gasteiger partial charge in [0.15, 0.2) is 5.96 Å². The molecule has 3 heterocycles. The minimum absolute atomic E-state index is 0.0106. The summed E-state index contributed by atoms with van der Waals surface area (Å²) in [7, 11) is -3.33. The summed E-state index contributed by atoms with van der Waals surface area (Å²) < 4.78 is 32.9. The molecule has 168 valence electrons. The Morgan fingerprint density at radius 3 is 2.69 bits per heavy atom. The lowest BCUT2D eigenvalue weighted by atomic mass is 10.1. The van der Waals surface area contributed by atoms with E-state index >= 15 is 0 Å². The van der Waals surface area contributed by atoms with E-state index in [0.29, 0.717) is 12.5 Å². The van der Waals surface area contributed by atoms with Crippen molar-refractivity contribution in [2.45, 2.75) is 51.6 Å². The molecule has 2 atom stereocenters. The molecule has 3 aliphatic heterocycles. The molecule has 8 nitrogen and oxygen atoms in total. The maximum Gasteiger partial charge on any atom is 0.213 e. The van der Waals surface area contributed by atoms with E-state index in [0.717, 1.165) is 51.5 Å². The Morgan fingerprint density at radius 1 is 1.14 bits per heavy atom. The highest BCUT2D eigenvalue weighted by molar-refractivity contribution is 7.89. The average Bonchev–Trinajstić information content (AvgIpc) is 3.39. The van der Waals surface area contributed by atoms with Crippen LogP contribution in [-0.4, -0.2) is 95.0 Å². The summed E-state index contributed by atoms with van der Waals surface area (Å²) in [5, 5.41) is 3.34. The summed E-state index contributed by atoms with van der Waals surface area (Å²) in [5.74, 6) is 1.54. The molecule has 29 heavy (non-hydrogen) atoms. The molecule has 0 bridgehead atoms. The molecule has 0 aliphatic carbocycles. The Labute approximate surface area is 176 Å². The van der Waals surface area contributed by atoms with Crippen LogP contribution >= 0.6 is 0 Å². The zero-order valence-corrected chi connectivity index (χ0v) is 18.8. The van der Waals surface area contributed by atoms with Crippen LogP contribution in [0.5, 0.6) is 0 Å². The molecule has 0 radical (unpaired) electrons. The van der Waals surface area contributed by atoms with E-state index < -0.39 is 10.0 Å². The van der Waals surface area contributed by atoms with Crippen molar-refractivity contribution in [2.75, 3.05) is 64.7 Å². The maximum absolute atomic E-state index is 12.3. The zero-order valence-electron chi connectivity index (χ0n) is 17.9. The van der Waals surface area contributed by atoms with Crippen molar-refractivity contribution >= 4 is 16.0 Å². The third-order valence-corrected chi connectivity index (χ3v) is 7.39. The normalized spacial score (nSPS) is 26.9. The molecule has 2 unspecified atom stereocenters. The number of rotatable bonds is 9. The van der Waals surface area contributed by atoms with Crippen molar-refractivity contribution in [2.24, 2.45) is 10.9 Å². The smallest absolute Gasteiger partial charge is 0.213 e. The van der Waals surface area contributed by atoms with Gasteiger partial charge in [0.1, 0.15) is 0 Å². The molecule has 0 amide bonds. The fourth-order valence-corrected chi connectivity index (χ4v) is 5.38. The predicted molar refractivity (Wildman–Crippen MR) is 117 cm³/mol. The number of aliphatic imine (C=N–C) groups is 1. The topological polar surface area (TPSA) is 86.3 Å². The summed E-state index contributed by atoms with van der Waals surface area (Å²) in [6.45, 7) is 9.87. The lowest BCUT2D eigenvalue weighted by Gasteiger charge is -2.23. The summed E-state index contributed by atoms with van der Waals surface area (Å²) in [6, 6.07) is 0. The van der Waals surface area contributed by atoms with Crippen molar-refractivity contribution in [3.8, 4) is 0 Å². The first kappa shape index (κ1) is 22.8. The van der Waals surface area contributed by atoms with Gasteiger partial charge in [-0.2, -0.15) is 0 Å². The molecule has 0 aromatic heterocycles. The van der Waals surface area contributed by atoms with E-state index in [4.69, 9.17) is 4.74 Å². The fourth-order valence-electron chi connectivity index (χ4n) is 4.46. The first-order valence-corrected chi connectivity index (χ1v) is 13.1. The number of likely N-dealkylation sites (tertiary alicyclic amines) is 2. The van der Waals surface area contributed by atoms with Crippen LogP contribution in [0.2, 0.25) is 0 Å². The molecule has 0 aromatic carbocycles. The van der Waals surface area contributed by atoms with Gasteiger partial charge in [-0.05, 0) is 64.5 Å². The van der Waals surface area contributed by atoms with E-state index in [-0.39, 0.29) is 18.4 Å². The summed E-state index contributed by atoms with van der Waals surface area (Å²) in [6.07, 6.45) is 6.96. The number of sulfonamides is 1. The van der Waals surface area contributed by atoms with Gasteiger partial charge in [-0.25, -0.2) is 13.1 Å². The molecule has 3 saturated heterocycles. The first-order chi connectivity index (χ1) is 14.1. The number of hydrogen-bond acceptors (Lipinski definition) is 5. The van der Waals surface area contributed by atoms with Crippen LogP contribution in [0.3, 0.4) is 0 Å². The van der Waals surface area contributed by atoms with Crippen molar-refractivity contribution in [3.05, 3.63) is 0 Å². The second kappa shape index (κ2) is 11.5. The lowest BCUT2D eigenvalue weighted by molar-refractivity contribution is 0.0200. The highest BCUT2D eigenvalue weighted by Crippen LogP contribution is 2.20. The average molecular weight is 430 g/mol. The largest absolute Gasteiger partial charge is 0.377 e. The van der Waals surface area contributed by atoms with Gasteiger partial charge >= 0.3 is 0 Å². The van der Waals surface area contributed by atoms with Gasteiger partial charge < -0.3 is 19.9 Å². The van der Waals surface area contributed by atoms with E-state index in [1.807, 2.05) is 0 Å². The molecule has 0 saturated carbocycles. The Bertz CT molecular complexity index is 616. The maximum atomic E-state index is 12.3. The number of guanidine groups is 1. The molecule has 3 rings (SSSR count). The van der Waals surface area contributed by atoms with Gasteiger partial charge in [-0.15, -0.1) is 0 Å². The zero-order chi connectivity index (χ0) is 20.5. The highest BCUT2D eigenvalue weighted by Gasteiger charge is 2.27. The monoisotopic (exact) mass is 429 g/mol. The molecule has 3 fully saturated rings. The Balaban J connectivity index is 1.43. The van der Waals surface area contributed by atoms with Gasteiger partial charge in [-0.3, -0.25) is 4.99 Å². The molecule has 2 N–H and O–H groups in total. The number of nitrogens with one attached hydrogen (secondary N) is 2. The SMILES string of the molecule is CCNC(=NCCS(=O)(=O)NCC1CCCCO1)N1CCC(CN2CCCC2)C1. The highest BCUT2D eigenvalue weighted by atomic mass is 32.2. The van der Waals surface area contributed by atoms with Gasteiger partial charge in [0, 0.05) is 39.3 Å². The second-order valence-electron chi connectivity index (χ2n) is 8.50. The molecule has 3 aliphatic rings. The van der Waals surface area contributed by atoms with Crippen molar-refractivity contribution in [3.63, 3.8) is 0 Å². The van der Waals surface area contributed by atoms with Gasteiger partial charge in [-0.1, -0.05) is 0 Å². The van der Waals surface area contributed by atoms with Crippen molar-refractivity contribution < 1.29 is 13.2 Å². The Morgan fingerprint density at radius 2 is 1.97 bits per heavy atom. The standard InChI is InChI=1S/C20H39N5O3S/c1-2-21-20(25-12-8-18(17-25)16-24-10-4-5-11-24)22-9-14-29(26,27)23-15-19-7-3-6-13-28-19/h18-19,23H,2-17H2,1H3,(H,21,22). The summed E-state index contributed by atoms with van der Waals surface area (Å²) in [5.41, 5.74) is 0. The number of ether oxygens (including phenoxy) is 1. The predicted octanol–water partition coefficient (Wildman–Crippen LogP) is 0.858. The van der Waals surface area contributed by atoms with Crippen molar-refractivity contribution in [1.82, 2.24) is 19.8 Å². The van der Waals surface area contributed by atoms with Gasteiger partial charge in [0.2, 0.25) is 10.0 Å². The van der Waals surface area contributed by atoms with E-state index in [2.05, 4.69) is 31.8 Å². The molecular weight excluding hydrogens is 390 g/mol. The van der Waals surface area contributed by atoms with Crippen LogP contribution in [0.1, 0.15) is 45.4 Å². The molecular formula is C20H39N5O3S. The minimum atomic E-state index is -3.33. The first-order valence-electron chi connectivity index (χ1n) is 11.4. The van der Waals surface area contributed by atoms with Crippen LogP contribution < -0.4 is 10.0 Å². The number of nitrogens with zero attached hydrogens (tertiary/aromatic N) is 3. The molecule has 0 aromatic rings. The quantitative estimate of drug-likeness (QED) is 0.418.